The first kappa shape index (κ1) is 15.2. The molecule has 0 spiro atoms. The number of sulfonamides is 1. The van der Waals surface area contributed by atoms with Crippen LogP contribution in [0.3, 0.4) is 0 Å². The first-order valence-electron chi connectivity index (χ1n) is 5.37. The summed E-state index contributed by atoms with van der Waals surface area (Å²) in [4.78, 5) is 3.89. The number of hydrogen-bond donors (Lipinski definition) is 2. The normalized spacial score (nSPS) is 12.0. The van der Waals surface area contributed by atoms with Crippen LogP contribution in [0.5, 0.6) is 0 Å². The summed E-state index contributed by atoms with van der Waals surface area (Å²) in [5.74, 6) is 0.433. The maximum absolute atomic E-state index is 12.5. The summed E-state index contributed by atoms with van der Waals surface area (Å²) < 4.78 is 26.4. The second-order valence-corrected chi connectivity index (χ2v) is 7.24. The van der Waals surface area contributed by atoms with Crippen LogP contribution in [0.25, 0.3) is 0 Å². The summed E-state index contributed by atoms with van der Waals surface area (Å²) >= 11 is 9.03. The molecule has 2 rings (SSSR count). The molecular formula is C10H11BrClN5O2S. The first-order chi connectivity index (χ1) is 9.32. The van der Waals surface area contributed by atoms with Gasteiger partial charge in [-0.2, -0.15) is 9.40 Å². The van der Waals surface area contributed by atoms with E-state index in [1.807, 2.05) is 0 Å². The van der Waals surface area contributed by atoms with E-state index in [0.717, 1.165) is 4.31 Å². The Labute approximate surface area is 129 Å². The predicted molar refractivity (Wildman–Crippen MR) is 78.6 cm³/mol. The molecule has 1 aromatic heterocycles. The number of hydrogen-bond acceptors (Lipinski definition) is 5. The molecule has 7 nitrogen and oxygen atoms in total. The zero-order chi connectivity index (χ0) is 14.9. The quantitative estimate of drug-likeness (QED) is 0.784. The van der Waals surface area contributed by atoms with Gasteiger partial charge in [-0.25, -0.2) is 13.4 Å². The lowest BCUT2D eigenvalue weighted by Crippen LogP contribution is -2.27. The van der Waals surface area contributed by atoms with E-state index in [4.69, 9.17) is 17.3 Å². The lowest BCUT2D eigenvalue weighted by molar-refractivity contribution is 0.457. The highest BCUT2D eigenvalue weighted by molar-refractivity contribution is 9.10. The van der Waals surface area contributed by atoms with E-state index >= 15 is 0 Å². The topological polar surface area (TPSA) is 105 Å². The molecule has 0 amide bonds. The maximum atomic E-state index is 12.5. The average molecular weight is 381 g/mol. The van der Waals surface area contributed by atoms with E-state index in [9.17, 15) is 8.42 Å². The highest BCUT2D eigenvalue weighted by atomic mass is 79.9. The highest BCUT2D eigenvalue weighted by Crippen LogP contribution is 2.33. The third kappa shape index (κ3) is 2.95. The molecule has 1 heterocycles. The summed E-state index contributed by atoms with van der Waals surface area (Å²) in [5, 5.41) is 6.51. The van der Waals surface area contributed by atoms with E-state index < -0.39 is 10.0 Å². The molecule has 0 atom stereocenters. The average Bonchev–Trinajstić information content (AvgIpc) is 2.86. The fourth-order valence-electron chi connectivity index (χ4n) is 1.54. The number of halogens is 2. The van der Waals surface area contributed by atoms with Crippen molar-refractivity contribution < 1.29 is 8.42 Å². The molecule has 0 saturated carbocycles. The first-order valence-corrected chi connectivity index (χ1v) is 7.98. The van der Waals surface area contributed by atoms with Crippen LogP contribution in [-0.4, -0.2) is 35.0 Å². The van der Waals surface area contributed by atoms with Gasteiger partial charge in [0.1, 0.15) is 12.2 Å². The largest absolute Gasteiger partial charge is 0.398 e. The van der Waals surface area contributed by atoms with E-state index in [1.54, 1.807) is 0 Å². The molecule has 0 bridgehead atoms. The SMILES string of the molecule is CN(Cc1ncn[nH]1)S(=O)(=O)c1cc(Cl)cc(N)c1Br. The minimum Gasteiger partial charge on any atom is -0.398 e. The molecule has 0 aliphatic rings. The Balaban J connectivity index is 2.40. The number of anilines is 1. The van der Waals surface area contributed by atoms with E-state index in [2.05, 4.69) is 31.1 Å². The van der Waals surface area contributed by atoms with Gasteiger partial charge in [-0.05, 0) is 28.1 Å². The molecule has 0 unspecified atom stereocenters. The Kier molecular flexibility index (Phi) is 4.33. The second-order valence-electron chi connectivity index (χ2n) is 4.00. The Hall–Kier alpha value is -1.16. The number of nitrogen functional groups attached to an aromatic ring is 1. The molecule has 0 radical (unpaired) electrons. The number of nitrogens with one attached hydrogen (secondary N) is 1. The van der Waals surface area contributed by atoms with Crippen molar-refractivity contribution in [3.63, 3.8) is 0 Å². The van der Waals surface area contributed by atoms with Crippen LogP contribution in [0.1, 0.15) is 5.82 Å². The molecular weight excluding hydrogens is 370 g/mol. The molecule has 0 saturated heterocycles. The molecule has 0 fully saturated rings. The van der Waals surface area contributed by atoms with Crippen LogP contribution in [0.15, 0.2) is 27.8 Å². The van der Waals surface area contributed by atoms with E-state index in [0.29, 0.717) is 5.82 Å². The van der Waals surface area contributed by atoms with Gasteiger partial charge in [-0.1, -0.05) is 11.6 Å². The molecule has 0 aliphatic heterocycles. The van der Waals surface area contributed by atoms with Gasteiger partial charge in [-0.15, -0.1) is 0 Å². The van der Waals surface area contributed by atoms with Gasteiger partial charge in [0, 0.05) is 17.8 Å². The van der Waals surface area contributed by atoms with Crippen molar-refractivity contribution in [3.05, 3.63) is 33.8 Å². The van der Waals surface area contributed by atoms with Gasteiger partial charge < -0.3 is 5.73 Å². The lowest BCUT2D eigenvalue weighted by atomic mass is 10.3. The van der Waals surface area contributed by atoms with Gasteiger partial charge >= 0.3 is 0 Å². The fourth-order valence-corrected chi connectivity index (χ4v) is 3.93. The summed E-state index contributed by atoms with van der Waals surface area (Å²) in [6.45, 7) is 0.0567. The smallest absolute Gasteiger partial charge is 0.244 e. The summed E-state index contributed by atoms with van der Waals surface area (Å²) in [5.41, 5.74) is 5.97. The minimum absolute atomic E-state index is 0.00418. The van der Waals surface area contributed by atoms with Crippen molar-refractivity contribution in [1.82, 2.24) is 19.5 Å². The number of nitrogens with zero attached hydrogens (tertiary/aromatic N) is 3. The third-order valence-corrected chi connectivity index (χ3v) is 5.75. The number of nitrogens with two attached hydrogens (primary N) is 1. The van der Waals surface area contributed by atoms with Crippen molar-refractivity contribution >= 4 is 43.2 Å². The summed E-state index contributed by atoms with van der Waals surface area (Å²) in [7, 11) is -2.32. The van der Waals surface area contributed by atoms with Gasteiger partial charge in [0.15, 0.2) is 0 Å². The maximum Gasteiger partial charge on any atom is 0.244 e. The van der Waals surface area contributed by atoms with Crippen molar-refractivity contribution in [2.24, 2.45) is 0 Å². The Morgan fingerprint density at radius 1 is 1.50 bits per heavy atom. The number of aromatic amines is 1. The van der Waals surface area contributed by atoms with Crippen molar-refractivity contribution in [2.45, 2.75) is 11.4 Å². The lowest BCUT2D eigenvalue weighted by Gasteiger charge is -2.17. The summed E-state index contributed by atoms with van der Waals surface area (Å²) in [6, 6.07) is 2.81. The summed E-state index contributed by atoms with van der Waals surface area (Å²) in [6.07, 6.45) is 1.31. The zero-order valence-corrected chi connectivity index (χ0v) is 13.5. The van der Waals surface area contributed by atoms with Crippen LogP contribution in [-0.2, 0) is 16.6 Å². The molecule has 108 valence electrons. The number of benzene rings is 1. The molecule has 0 aliphatic carbocycles. The Bertz CT molecular complexity index is 719. The van der Waals surface area contributed by atoms with Crippen LogP contribution >= 0.6 is 27.5 Å². The van der Waals surface area contributed by atoms with Crippen LogP contribution in [0.4, 0.5) is 5.69 Å². The van der Waals surface area contributed by atoms with E-state index in [1.165, 1.54) is 25.5 Å². The highest BCUT2D eigenvalue weighted by Gasteiger charge is 2.25. The second kappa shape index (κ2) is 5.68. The molecule has 10 heteroatoms. The predicted octanol–water partition coefficient (Wildman–Crippen LogP) is 1.62. The van der Waals surface area contributed by atoms with Crippen LogP contribution in [0.2, 0.25) is 5.02 Å². The van der Waals surface area contributed by atoms with Gasteiger partial charge in [0.2, 0.25) is 10.0 Å². The Morgan fingerprint density at radius 2 is 2.20 bits per heavy atom. The van der Waals surface area contributed by atoms with E-state index in [-0.39, 0.29) is 26.6 Å². The third-order valence-electron chi connectivity index (χ3n) is 2.56. The standard InChI is InChI=1S/C10H11BrClN5O2S/c1-17(4-9-14-5-15-16-9)20(18,19)8-3-6(12)2-7(13)10(8)11/h2-3,5H,4,13H2,1H3,(H,14,15,16). The molecule has 20 heavy (non-hydrogen) atoms. The zero-order valence-electron chi connectivity index (χ0n) is 10.3. The molecule has 2 aromatic rings. The molecule has 3 N–H and O–H groups in total. The number of rotatable bonds is 4. The fraction of sp³-hybridized carbons (Fsp3) is 0.200. The van der Waals surface area contributed by atoms with Gasteiger partial charge in [-0.3, -0.25) is 5.10 Å². The van der Waals surface area contributed by atoms with Crippen LogP contribution < -0.4 is 5.73 Å². The Morgan fingerprint density at radius 3 is 2.80 bits per heavy atom. The van der Waals surface area contributed by atoms with Crippen molar-refractivity contribution in [1.29, 1.82) is 0 Å². The van der Waals surface area contributed by atoms with Crippen molar-refractivity contribution in [3.8, 4) is 0 Å². The number of aromatic nitrogens is 3. The van der Waals surface area contributed by atoms with Crippen molar-refractivity contribution in [2.75, 3.05) is 12.8 Å². The molecule has 1 aromatic carbocycles. The van der Waals surface area contributed by atoms with Gasteiger partial charge in [0.25, 0.3) is 0 Å². The van der Waals surface area contributed by atoms with Crippen LogP contribution in [0, 0.1) is 0 Å². The minimum atomic E-state index is -3.76. The number of H-pyrrole nitrogens is 1. The monoisotopic (exact) mass is 379 g/mol. The van der Waals surface area contributed by atoms with Gasteiger partial charge in [0.05, 0.1) is 15.9 Å².